The Morgan fingerprint density at radius 1 is 0.483 bits per heavy atom. The van der Waals surface area contributed by atoms with Crippen molar-refractivity contribution in [3.63, 3.8) is 0 Å². The SMILES string of the molecule is Brc1ccc(-c2ccc(-c3ccc(Br)cc3)n2-c2cccc3ccccc23)cc1. The van der Waals surface area contributed by atoms with Gasteiger partial charge in [0.05, 0.1) is 17.1 Å². The van der Waals surface area contributed by atoms with Gasteiger partial charge in [0.15, 0.2) is 0 Å². The van der Waals surface area contributed by atoms with E-state index in [1.165, 1.54) is 39.0 Å². The highest BCUT2D eigenvalue weighted by atomic mass is 79.9. The van der Waals surface area contributed by atoms with Crippen LogP contribution in [0, 0.1) is 0 Å². The minimum atomic E-state index is 1.08. The van der Waals surface area contributed by atoms with Gasteiger partial charge in [0.2, 0.25) is 0 Å². The average Bonchev–Trinajstić information content (AvgIpc) is 3.19. The molecule has 29 heavy (non-hydrogen) atoms. The molecule has 0 spiro atoms. The van der Waals surface area contributed by atoms with E-state index in [9.17, 15) is 0 Å². The van der Waals surface area contributed by atoms with E-state index in [1.54, 1.807) is 0 Å². The average molecular weight is 503 g/mol. The minimum absolute atomic E-state index is 1.08. The largest absolute Gasteiger partial charge is 0.309 e. The van der Waals surface area contributed by atoms with Crippen molar-refractivity contribution < 1.29 is 0 Å². The number of nitrogens with zero attached hydrogens (tertiary/aromatic N) is 1. The molecular weight excluding hydrogens is 486 g/mol. The van der Waals surface area contributed by atoms with Crippen molar-refractivity contribution in [2.75, 3.05) is 0 Å². The Bertz CT molecular complexity index is 1230. The lowest BCUT2D eigenvalue weighted by Crippen LogP contribution is -2.00. The Balaban J connectivity index is 1.82. The molecule has 1 heterocycles. The van der Waals surface area contributed by atoms with Gasteiger partial charge in [0, 0.05) is 14.3 Å². The molecule has 0 aliphatic heterocycles. The first-order valence-corrected chi connectivity index (χ1v) is 11.0. The number of benzene rings is 4. The number of hydrogen-bond donors (Lipinski definition) is 0. The van der Waals surface area contributed by atoms with Gasteiger partial charge in [-0.3, -0.25) is 0 Å². The Kier molecular flexibility index (Phi) is 4.86. The zero-order valence-electron chi connectivity index (χ0n) is 15.5. The fourth-order valence-corrected chi connectivity index (χ4v) is 4.32. The second-order valence-corrected chi connectivity index (χ2v) is 8.78. The molecule has 3 heteroatoms. The molecule has 0 amide bonds. The van der Waals surface area contributed by atoms with Crippen LogP contribution in [0.3, 0.4) is 0 Å². The predicted octanol–water partition coefficient (Wildman–Crippen LogP) is 8.49. The van der Waals surface area contributed by atoms with E-state index in [0.717, 1.165) is 8.95 Å². The zero-order chi connectivity index (χ0) is 19.8. The molecule has 0 radical (unpaired) electrons. The molecule has 140 valence electrons. The molecule has 1 aromatic heterocycles. The molecule has 0 saturated carbocycles. The van der Waals surface area contributed by atoms with Crippen LogP contribution in [0.1, 0.15) is 0 Å². The van der Waals surface area contributed by atoms with Crippen LogP contribution in [-0.2, 0) is 0 Å². The monoisotopic (exact) mass is 501 g/mol. The summed E-state index contributed by atoms with van der Waals surface area (Å²) in [5, 5.41) is 2.48. The van der Waals surface area contributed by atoms with Crippen LogP contribution in [0.15, 0.2) is 112 Å². The van der Waals surface area contributed by atoms with Crippen LogP contribution in [-0.4, -0.2) is 4.57 Å². The summed E-state index contributed by atoms with van der Waals surface area (Å²) in [5.41, 5.74) is 5.90. The maximum atomic E-state index is 3.55. The third-order valence-electron chi connectivity index (χ3n) is 5.17. The minimum Gasteiger partial charge on any atom is -0.309 e. The van der Waals surface area contributed by atoms with Crippen molar-refractivity contribution in [3.8, 4) is 28.2 Å². The summed E-state index contributed by atoms with van der Waals surface area (Å²) in [7, 11) is 0. The van der Waals surface area contributed by atoms with Crippen LogP contribution < -0.4 is 0 Å². The summed E-state index contributed by atoms with van der Waals surface area (Å²) in [5.74, 6) is 0. The van der Waals surface area contributed by atoms with Gasteiger partial charge in [-0.15, -0.1) is 0 Å². The summed E-state index contributed by atoms with van der Waals surface area (Å²) in [6.45, 7) is 0. The highest BCUT2D eigenvalue weighted by Crippen LogP contribution is 2.35. The lowest BCUT2D eigenvalue weighted by molar-refractivity contribution is 1.11. The lowest BCUT2D eigenvalue weighted by Gasteiger charge is -2.17. The third-order valence-corrected chi connectivity index (χ3v) is 6.23. The molecule has 0 aliphatic rings. The second-order valence-electron chi connectivity index (χ2n) is 6.95. The summed E-state index contributed by atoms with van der Waals surface area (Å²) in [6, 6.07) is 36.5. The Morgan fingerprint density at radius 3 is 1.59 bits per heavy atom. The van der Waals surface area contributed by atoms with Gasteiger partial charge in [-0.05, 0) is 59.0 Å². The van der Waals surface area contributed by atoms with Crippen molar-refractivity contribution in [2.45, 2.75) is 0 Å². The van der Waals surface area contributed by atoms with Gasteiger partial charge in [-0.1, -0.05) is 92.5 Å². The summed E-state index contributed by atoms with van der Waals surface area (Å²) in [4.78, 5) is 0. The Morgan fingerprint density at radius 2 is 1.00 bits per heavy atom. The van der Waals surface area contributed by atoms with Gasteiger partial charge in [0.25, 0.3) is 0 Å². The van der Waals surface area contributed by atoms with Crippen LogP contribution in [0.2, 0.25) is 0 Å². The van der Waals surface area contributed by atoms with Crippen LogP contribution in [0.5, 0.6) is 0 Å². The van der Waals surface area contributed by atoms with Gasteiger partial charge in [-0.25, -0.2) is 0 Å². The first-order valence-electron chi connectivity index (χ1n) is 9.42. The number of aromatic nitrogens is 1. The van der Waals surface area contributed by atoms with Crippen molar-refractivity contribution in [1.29, 1.82) is 0 Å². The predicted molar refractivity (Wildman–Crippen MR) is 130 cm³/mol. The van der Waals surface area contributed by atoms with Crippen LogP contribution in [0.25, 0.3) is 39.0 Å². The van der Waals surface area contributed by atoms with E-state index >= 15 is 0 Å². The smallest absolute Gasteiger partial charge is 0.0540 e. The van der Waals surface area contributed by atoms with Crippen molar-refractivity contribution in [1.82, 2.24) is 4.57 Å². The van der Waals surface area contributed by atoms with E-state index in [0.29, 0.717) is 0 Å². The maximum absolute atomic E-state index is 3.55. The van der Waals surface area contributed by atoms with Gasteiger partial charge < -0.3 is 4.57 Å². The fraction of sp³-hybridized carbons (Fsp3) is 0. The zero-order valence-corrected chi connectivity index (χ0v) is 18.7. The number of hydrogen-bond acceptors (Lipinski definition) is 0. The summed E-state index contributed by atoms with van der Waals surface area (Å²) >= 11 is 7.10. The topological polar surface area (TPSA) is 4.93 Å². The van der Waals surface area contributed by atoms with Crippen LogP contribution in [0.4, 0.5) is 0 Å². The molecule has 5 rings (SSSR count). The molecule has 4 aromatic carbocycles. The van der Waals surface area contributed by atoms with E-state index < -0.39 is 0 Å². The molecule has 0 aliphatic carbocycles. The summed E-state index contributed by atoms with van der Waals surface area (Å²) < 4.78 is 4.53. The highest BCUT2D eigenvalue weighted by molar-refractivity contribution is 9.10. The molecule has 1 nitrogen and oxygen atoms in total. The standard InChI is InChI=1S/C26H17Br2N/c27-21-12-8-19(9-13-21)24-16-17-25(20-10-14-22(28)15-11-20)29(24)26-7-3-5-18-4-1-2-6-23(18)26/h1-17H. The maximum Gasteiger partial charge on any atom is 0.0540 e. The summed E-state index contributed by atoms with van der Waals surface area (Å²) in [6.07, 6.45) is 0. The Hall–Kier alpha value is -2.62. The van der Waals surface area contributed by atoms with E-state index in [2.05, 4.69) is 140 Å². The van der Waals surface area contributed by atoms with Gasteiger partial charge >= 0.3 is 0 Å². The van der Waals surface area contributed by atoms with E-state index in [-0.39, 0.29) is 0 Å². The molecule has 0 N–H and O–H groups in total. The van der Waals surface area contributed by atoms with E-state index in [1.807, 2.05) is 0 Å². The van der Waals surface area contributed by atoms with Gasteiger partial charge in [0.1, 0.15) is 0 Å². The van der Waals surface area contributed by atoms with Crippen molar-refractivity contribution in [3.05, 3.63) is 112 Å². The second kappa shape index (κ2) is 7.66. The van der Waals surface area contributed by atoms with Crippen molar-refractivity contribution in [2.24, 2.45) is 0 Å². The quantitative estimate of drug-likeness (QED) is 0.233. The normalized spacial score (nSPS) is 11.1. The fourth-order valence-electron chi connectivity index (χ4n) is 3.79. The first kappa shape index (κ1) is 18.4. The molecule has 0 bridgehead atoms. The molecule has 0 saturated heterocycles. The molecular formula is C26H17Br2N. The van der Waals surface area contributed by atoms with Gasteiger partial charge in [-0.2, -0.15) is 0 Å². The van der Waals surface area contributed by atoms with Crippen LogP contribution >= 0.6 is 31.9 Å². The number of rotatable bonds is 3. The van der Waals surface area contributed by atoms with Crippen molar-refractivity contribution >= 4 is 42.6 Å². The van der Waals surface area contributed by atoms with E-state index in [4.69, 9.17) is 0 Å². The molecule has 0 atom stereocenters. The molecule has 0 fully saturated rings. The Labute approximate surface area is 186 Å². The molecule has 0 unspecified atom stereocenters. The number of halogens is 2. The number of fused-ring (bicyclic) bond motifs is 1. The molecule has 5 aromatic rings. The highest BCUT2D eigenvalue weighted by Gasteiger charge is 2.15. The first-order chi connectivity index (χ1) is 14.2. The third kappa shape index (κ3) is 3.45. The lowest BCUT2D eigenvalue weighted by atomic mass is 10.1.